The minimum Gasteiger partial charge on any atom is -0.378 e. The maximum atomic E-state index is 13.1. The fraction of sp³-hybridized carbons (Fsp3) is 0.588. The second-order valence-corrected chi connectivity index (χ2v) is 5.51. The van der Waals surface area contributed by atoms with Crippen molar-refractivity contribution in [1.29, 1.82) is 0 Å². The summed E-state index contributed by atoms with van der Waals surface area (Å²) >= 11 is 0. The maximum Gasteiger partial charge on any atom is 0.191 e. The molecule has 0 aliphatic carbocycles. The summed E-state index contributed by atoms with van der Waals surface area (Å²) in [7, 11) is 1.73. The number of ether oxygens (including phenoxy) is 1. The van der Waals surface area contributed by atoms with E-state index in [2.05, 4.69) is 29.5 Å². The van der Waals surface area contributed by atoms with Crippen LogP contribution in [0.15, 0.2) is 29.3 Å². The molecular formula is C17H28FN3O. The minimum atomic E-state index is -0.223. The van der Waals surface area contributed by atoms with Gasteiger partial charge in [0.1, 0.15) is 5.82 Å². The van der Waals surface area contributed by atoms with Gasteiger partial charge < -0.3 is 15.4 Å². The Morgan fingerprint density at radius 1 is 1.32 bits per heavy atom. The summed E-state index contributed by atoms with van der Waals surface area (Å²) in [5.41, 5.74) is 0.886. The zero-order chi connectivity index (χ0) is 16.4. The summed E-state index contributed by atoms with van der Waals surface area (Å²) in [5.74, 6) is 0.978. The fourth-order valence-corrected chi connectivity index (χ4v) is 2.21. The molecule has 4 nitrogen and oxygen atoms in total. The molecule has 1 aromatic carbocycles. The molecule has 0 aliphatic heterocycles. The molecule has 0 saturated carbocycles. The molecule has 5 heteroatoms. The lowest BCUT2D eigenvalue weighted by Crippen LogP contribution is -2.38. The maximum absolute atomic E-state index is 13.1. The van der Waals surface area contributed by atoms with Gasteiger partial charge in [0, 0.05) is 26.7 Å². The summed E-state index contributed by atoms with van der Waals surface area (Å²) in [6, 6.07) is 6.55. The second-order valence-electron chi connectivity index (χ2n) is 5.51. The molecule has 1 aromatic rings. The Kier molecular flexibility index (Phi) is 8.51. The average Bonchev–Trinajstić information content (AvgIpc) is 2.49. The average molecular weight is 309 g/mol. The Bertz CT molecular complexity index is 463. The molecule has 0 heterocycles. The molecule has 1 rings (SSSR count). The zero-order valence-electron chi connectivity index (χ0n) is 14.0. The molecule has 0 amide bonds. The normalized spacial score (nSPS) is 13.3. The summed E-state index contributed by atoms with van der Waals surface area (Å²) in [6.45, 7) is 8.40. The van der Waals surface area contributed by atoms with Crippen molar-refractivity contribution in [3.8, 4) is 0 Å². The predicted molar refractivity (Wildman–Crippen MR) is 89.5 cm³/mol. The van der Waals surface area contributed by atoms with E-state index in [1.54, 1.807) is 13.1 Å². The van der Waals surface area contributed by atoms with E-state index in [4.69, 9.17) is 4.74 Å². The van der Waals surface area contributed by atoms with E-state index in [-0.39, 0.29) is 11.9 Å². The number of nitrogens with one attached hydrogen (secondary N) is 2. The van der Waals surface area contributed by atoms with Gasteiger partial charge in [-0.25, -0.2) is 4.39 Å². The number of hydrogen-bond donors (Lipinski definition) is 2. The van der Waals surface area contributed by atoms with Crippen LogP contribution in [0.5, 0.6) is 0 Å². The molecule has 0 aromatic heterocycles. The third-order valence-electron chi connectivity index (χ3n) is 3.42. The quantitative estimate of drug-likeness (QED) is 0.573. The standard InChI is InChI=1S/C17H28FN3O/c1-5-22-16(13(2)3)9-10-20-17(19-4)21-12-14-7-6-8-15(18)11-14/h6-8,11,13,16H,5,9-10,12H2,1-4H3,(H2,19,20,21). The SMILES string of the molecule is CCOC(CCNC(=NC)NCc1cccc(F)c1)C(C)C. The highest BCUT2D eigenvalue weighted by Crippen LogP contribution is 2.09. The van der Waals surface area contributed by atoms with E-state index in [0.29, 0.717) is 18.4 Å². The van der Waals surface area contributed by atoms with Crippen molar-refractivity contribution in [3.05, 3.63) is 35.6 Å². The lowest BCUT2D eigenvalue weighted by molar-refractivity contribution is 0.0258. The molecule has 0 aliphatic rings. The Balaban J connectivity index is 2.36. The molecule has 0 radical (unpaired) electrons. The first-order valence-electron chi connectivity index (χ1n) is 7.87. The van der Waals surface area contributed by atoms with Crippen molar-refractivity contribution in [2.75, 3.05) is 20.2 Å². The first-order chi connectivity index (χ1) is 10.6. The van der Waals surface area contributed by atoms with Gasteiger partial charge in [0.15, 0.2) is 5.96 Å². The highest BCUT2D eigenvalue weighted by molar-refractivity contribution is 5.79. The molecular weight excluding hydrogens is 281 g/mol. The molecule has 2 N–H and O–H groups in total. The van der Waals surface area contributed by atoms with E-state index < -0.39 is 0 Å². The lowest BCUT2D eigenvalue weighted by Gasteiger charge is -2.21. The fourth-order valence-electron chi connectivity index (χ4n) is 2.21. The van der Waals surface area contributed by atoms with Gasteiger partial charge in [0.05, 0.1) is 6.10 Å². The van der Waals surface area contributed by atoms with Crippen LogP contribution < -0.4 is 10.6 Å². The van der Waals surface area contributed by atoms with Gasteiger partial charge in [0.25, 0.3) is 0 Å². The van der Waals surface area contributed by atoms with Crippen molar-refractivity contribution in [2.24, 2.45) is 10.9 Å². The van der Waals surface area contributed by atoms with Crippen molar-refractivity contribution >= 4 is 5.96 Å². The molecule has 124 valence electrons. The summed E-state index contributed by atoms with van der Waals surface area (Å²) in [4.78, 5) is 4.17. The third kappa shape index (κ3) is 6.89. The number of nitrogens with zero attached hydrogens (tertiary/aromatic N) is 1. The van der Waals surface area contributed by atoms with Crippen LogP contribution in [0.25, 0.3) is 0 Å². The minimum absolute atomic E-state index is 0.223. The number of benzene rings is 1. The van der Waals surface area contributed by atoms with Crippen molar-refractivity contribution in [3.63, 3.8) is 0 Å². The van der Waals surface area contributed by atoms with E-state index in [9.17, 15) is 4.39 Å². The Morgan fingerprint density at radius 3 is 2.68 bits per heavy atom. The first-order valence-corrected chi connectivity index (χ1v) is 7.87. The van der Waals surface area contributed by atoms with Crippen LogP contribution in [0.4, 0.5) is 4.39 Å². The molecule has 0 spiro atoms. The van der Waals surface area contributed by atoms with Crippen LogP contribution in [-0.4, -0.2) is 32.3 Å². The molecule has 1 atom stereocenters. The van der Waals surface area contributed by atoms with Crippen LogP contribution in [0.3, 0.4) is 0 Å². The van der Waals surface area contributed by atoms with E-state index in [0.717, 1.165) is 25.1 Å². The Labute approximate surface area is 133 Å². The number of hydrogen-bond acceptors (Lipinski definition) is 2. The van der Waals surface area contributed by atoms with Crippen LogP contribution in [0.2, 0.25) is 0 Å². The number of aliphatic imine (C=N–C) groups is 1. The number of rotatable bonds is 8. The molecule has 0 saturated heterocycles. The van der Waals surface area contributed by atoms with Gasteiger partial charge in [-0.1, -0.05) is 26.0 Å². The first kappa shape index (κ1) is 18.4. The smallest absolute Gasteiger partial charge is 0.191 e. The van der Waals surface area contributed by atoms with Gasteiger partial charge in [-0.2, -0.15) is 0 Å². The monoisotopic (exact) mass is 309 g/mol. The highest BCUT2D eigenvalue weighted by atomic mass is 19.1. The van der Waals surface area contributed by atoms with Gasteiger partial charge >= 0.3 is 0 Å². The van der Waals surface area contributed by atoms with Crippen LogP contribution in [0, 0.1) is 11.7 Å². The van der Waals surface area contributed by atoms with Gasteiger partial charge in [0.2, 0.25) is 0 Å². The van der Waals surface area contributed by atoms with Gasteiger partial charge in [-0.3, -0.25) is 4.99 Å². The number of guanidine groups is 1. The molecule has 22 heavy (non-hydrogen) atoms. The van der Waals surface area contributed by atoms with Crippen LogP contribution >= 0.6 is 0 Å². The molecule has 0 fully saturated rings. The van der Waals surface area contributed by atoms with Crippen LogP contribution in [-0.2, 0) is 11.3 Å². The topological polar surface area (TPSA) is 45.6 Å². The zero-order valence-corrected chi connectivity index (χ0v) is 14.0. The van der Waals surface area contributed by atoms with Crippen molar-refractivity contribution in [1.82, 2.24) is 10.6 Å². The second kappa shape index (κ2) is 10.2. The summed E-state index contributed by atoms with van der Waals surface area (Å²) in [6.07, 6.45) is 1.17. The molecule has 1 unspecified atom stereocenters. The third-order valence-corrected chi connectivity index (χ3v) is 3.42. The molecule has 0 bridgehead atoms. The highest BCUT2D eigenvalue weighted by Gasteiger charge is 2.12. The largest absolute Gasteiger partial charge is 0.378 e. The van der Waals surface area contributed by atoms with E-state index in [1.807, 2.05) is 13.0 Å². The van der Waals surface area contributed by atoms with E-state index >= 15 is 0 Å². The van der Waals surface area contributed by atoms with Gasteiger partial charge in [-0.15, -0.1) is 0 Å². The summed E-state index contributed by atoms with van der Waals surface area (Å²) in [5, 5.41) is 6.44. The van der Waals surface area contributed by atoms with Crippen molar-refractivity contribution in [2.45, 2.75) is 39.8 Å². The number of halogens is 1. The predicted octanol–water partition coefficient (Wildman–Crippen LogP) is 2.94. The Hall–Kier alpha value is -1.62. The van der Waals surface area contributed by atoms with Crippen LogP contribution in [0.1, 0.15) is 32.8 Å². The summed E-state index contributed by atoms with van der Waals surface area (Å²) < 4.78 is 18.8. The van der Waals surface area contributed by atoms with Gasteiger partial charge in [-0.05, 0) is 37.0 Å². The van der Waals surface area contributed by atoms with E-state index in [1.165, 1.54) is 12.1 Å². The Morgan fingerprint density at radius 2 is 2.09 bits per heavy atom. The lowest BCUT2D eigenvalue weighted by atomic mass is 10.0. The van der Waals surface area contributed by atoms with Crippen molar-refractivity contribution < 1.29 is 9.13 Å².